The molecule has 2 atom stereocenters. The molecule has 172 valence electrons. The smallest absolute Gasteiger partial charge is 0.338 e. The van der Waals surface area contributed by atoms with Crippen molar-refractivity contribution < 1.29 is 14.3 Å². The zero-order chi connectivity index (χ0) is 23.1. The quantitative estimate of drug-likeness (QED) is 0.523. The molecule has 5 rings (SSSR count). The SMILES string of the molecule is Nc1c(Br)c(C2CCC(C(F)C(=O)O)CC2)nc2c(C3C=NN(c4ccccc4)C3)cnn12. The highest BCUT2D eigenvalue weighted by Crippen LogP contribution is 2.41. The van der Waals surface area contributed by atoms with E-state index in [9.17, 15) is 9.18 Å². The lowest BCUT2D eigenvalue weighted by Gasteiger charge is -2.29. The number of benzene rings is 1. The molecule has 2 unspecified atom stereocenters. The average molecular weight is 515 g/mol. The highest BCUT2D eigenvalue weighted by Gasteiger charge is 2.34. The van der Waals surface area contributed by atoms with Crippen LogP contribution in [-0.2, 0) is 4.79 Å². The second-order valence-electron chi connectivity index (χ2n) is 8.67. The highest BCUT2D eigenvalue weighted by atomic mass is 79.9. The summed E-state index contributed by atoms with van der Waals surface area (Å²) in [7, 11) is 0. The molecule has 1 aliphatic heterocycles. The monoisotopic (exact) mass is 514 g/mol. The molecule has 1 aromatic carbocycles. The summed E-state index contributed by atoms with van der Waals surface area (Å²) >= 11 is 3.59. The number of para-hydroxylation sites is 1. The van der Waals surface area contributed by atoms with Crippen LogP contribution in [0.15, 0.2) is 46.1 Å². The van der Waals surface area contributed by atoms with Crippen LogP contribution < -0.4 is 10.7 Å². The number of carbonyl (C=O) groups is 1. The van der Waals surface area contributed by atoms with Gasteiger partial charge in [-0.2, -0.15) is 14.7 Å². The van der Waals surface area contributed by atoms with E-state index in [4.69, 9.17) is 15.8 Å². The Morgan fingerprint density at radius 1 is 1.21 bits per heavy atom. The Morgan fingerprint density at radius 3 is 2.64 bits per heavy atom. The molecule has 3 aromatic rings. The maximum atomic E-state index is 14.0. The van der Waals surface area contributed by atoms with Crippen molar-refractivity contribution >= 4 is 45.3 Å². The van der Waals surface area contributed by atoms with Gasteiger partial charge in [-0.25, -0.2) is 14.2 Å². The molecule has 2 aromatic heterocycles. The van der Waals surface area contributed by atoms with E-state index in [1.54, 1.807) is 10.7 Å². The Hall–Kier alpha value is -3.01. The third-order valence-corrected chi connectivity index (χ3v) is 7.51. The number of aromatic nitrogens is 3. The molecule has 0 radical (unpaired) electrons. The number of aliphatic carboxylic acids is 1. The number of nitrogens with zero attached hydrogens (tertiary/aromatic N) is 5. The van der Waals surface area contributed by atoms with Crippen LogP contribution in [0, 0.1) is 5.92 Å². The first-order valence-corrected chi connectivity index (χ1v) is 11.8. The molecule has 3 heterocycles. The fourth-order valence-electron chi connectivity index (χ4n) is 4.84. The van der Waals surface area contributed by atoms with Crippen LogP contribution in [0.25, 0.3) is 5.65 Å². The molecular formula is C23H24BrFN6O2. The largest absolute Gasteiger partial charge is 0.479 e. The first kappa shape index (κ1) is 21.8. The molecule has 33 heavy (non-hydrogen) atoms. The standard InChI is InChI=1S/C23H24BrFN6O2/c24-18-20(14-8-6-13(7-9-14)19(25)23(32)33)29-22-17(11-28-31(22)21(18)26)15-10-27-30(12-15)16-4-2-1-3-5-16/h1-5,10-11,13-15,19H,6-9,12,26H2,(H,32,33). The number of carboxylic acids is 1. The Bertz CT molecular complexity index is 1210. The molecule has 0 bridgehead atoms. The van der Waals surface area contributed by atoms with Crippen molar-refractivity contribution in [2.75, 3.05) is 17.3 Å². The zero-order valence-corrected chi connectivity index (χ0v) is 19.4. The summed E-state index contributed by atoms with van der Waals surface area (Å²) < 4.78 is 16.3. The summed E-state index contributed by atoms with van der Waals surface area (Å²) in [4.78, 5) is 16.0. The van der Waals surface area contributed by atoms with Gasteiger partial charge in [0.15, 0.2) is 11.8 Å². The lowest BCUT2D eigenvalue weighted by molar-refractivity contribution is -0.145. The number of anilines is 2. The fourth-order valence-corrected chi connectivity index (χ4v) is 5.42. The maximum Gasteiger partial charge on any atom is 0.338 e. The van der Waals surface area contributed by atoms with E-state index in [0.717, 1.165) is 16.9 Å². The number of nitrogens with two attached hydrogens (primary N) is 1. The van der Waals surface area contributed by atoms with Crippen LogP contribution in [0.3, 0.4) is 0 Å². The number of hydrogen-bond acceptors (Lipinski definition) is 6. The second-order valence-corrected chi connectivity index (χ2v) is 9.46. The van der Waals surface area contributed by atoms with Crippen molar-refractivity contribution in [2.24, 2.45) is 11.0 Å². The van der Waals surface area contributed by atoms with Crippen molar-refractivity contribution in [1.29, 1.82) is 0 Å². The van der Waals surface area contributed by atoms with Gasteiger partial charge >= 0.3 is 5.97 Å². The van der Waals surface area contributed by atoms with Gasteiger partial charge < -0.3 is 10.8 Å². The first-order chi connectivity index (χ1) is 15.9. The number of hydrazone groups is 1. The van der Waals surface area contributed by atoms with Gasteiger partial charge in [0, 0.05) is 29.5 Å². The van der Waals surface area contributed by atoms with E-state index in [0.29, 0.717) is 48.2 Å². The number of carboxylic acid groups (broad SMARTS) is 1. The lowest BCUT2D eigenvalue weighted by Crippen LogP contribution is -2.29. The molecule has 1 fully saturated rings. The molecule has 10 heteroatoms. The van der Waals surface area contributed by atoms with Gasteiger partial charge in [-0.3, -0.25) is 5.01 Å². The topological polar surface area (TPSA) is 109 Å². The number of halogens is 2. The minimum atomic E-state index is -1.81. The van der Waals surface area contributed by atoms with Crippen LogP contribution in [0.4, 0.5) is 15.9 Å². The second kappa shape index (κ2) is 8.74. The molecule has 1 aliphatic carbocycles. The van der Waals surface area contributed by atoms with Gasteiger partial charge in [0.2, 0.25) is 0 Å². The molecule has 3 N–H and O–H groups in total. The Balaban J connectivity index is 1.41. The number of alkyl halides is 1. The van der Waals surface area contributed by atoms with Crippen LogP contribution in [0.2, 0.25) is 0 Å². The van der Waals surface area contributed by atoms with Crippen molar-refractivity contribution in [3.8, 4) is 0 Å². The molecular weight excluding hydrogens is 491 g/mol. The molecule has 1 saturated carbocycles. The van der Waals surface area contributed by atoms with Gasteiger partial charge in [-0.05, 0) is 53.7 Å². The molecule has 0 amide bonds. The van der Waals surface area contributed by atoms with E-state index in [-0.39, 0.29) is 11.8 Å². The van der Waals surface area contributed by atoms with Crippen molar-refractivity contribution in [3.63, 3.8) is 0 Å². The zero-order valence-electron chi connectivity index (χ0n) is 17.8. The van der Waals surface area contributed by atoms with Gasteiger partial charge in [-0.15, -0.1) is 0 Å². The number of fused-ring (bicyclic) bond motifs is 1. The molecule has 2 aliphatic rings. The summed E-state index contributed by atoms with van der Waals surface area (Å²) in [5.41, 5.74) is 9.88. The summed E-state index contributed by atoms with van der Waals surface area (Å²) in [6.45, 7) is 0.677. The van der Waals surface area contributed by atoms with Crippen molar-refractivity contribution in [3.05, 3.63) is 52.3 Å². The van der Waals surface area contributed by atoms with E-state index < -0.39 is 18.1 Å². The van der Waals surface area contributed by atoms with E-state index in [2.05, 4.69) is 26.1 Å². The summed E-state index contributed by atoms with van der Waals surface area (Å²) in [5, 5.41) is 20.0. The van der Waals surface area contributed by atoms with Crippen molar-refractivity contribution in [2.45, 2.75) is 43.7 Å². The average Bonchev–Trinajstić information content (AvgIpc) is 3.49. The highest BCUT2D eigenvalue weighted by molar-refractivity contribution is 9.10. The van der Waals surface area contributed by atoms with E-state index >= 15 is 0 Å². The van der Waals surface area contributed by atoms with Gasteiger partial charge in [0.05, 0.1) is 28.6 Å². The Labute approximate surface area is 198 Å². The number of nitrogen functional groups attached to an aromatic ring is 1. The number of hydrogen-bond donors (Lipinski definition) is 2. The van der Waals surface area contributed by atoms with E-state index in [1.165, 1.54) is 0 Å². The normalized spacial score (nSPS) is 23.8. The van der Waals surface area contributed by atoms with Gasteiger partial charge in [0.1, 0.15) is 5.82 Å². The fraction of sp³-hybridized carbons (Fsp3) is 0.391. The number of rotatable bonds is 5. The molecule has 8 nitrogen and oxygen atoms in total. The predicted octanol–water partition coefficient (Wildman–Crippen LogP) is 4.36. The predicted molar refractivity (Wildman–Crippen MR) is 127 cm³/mol. The third kappa shape index (κ3) is 3.96. The third-order valence-electron chi connectivity index (χ3n) is 6.69. The Kier molecular flexibility index (Phi) is 5.77. The Morgan fingerprint density at radius 2 is 1.94 bits per heavy atom. The summed E-state index contributed by atoms with van der Waals surface area (Å²) in [5.74, 6) is -1.28. The van der Waals surface area contributed by atoms with Crippen LogP contribution >= 0.6 is 15.9 Å². The lowest BCUT2D eigenvalue weighted by atomic mass is 9.78. The summed E-state index contributed by atoms with van der Waals surface area (Å²) in [6, 6.07) is 9.97. The minimum absolute atomic E-state index is 0.0160. The van der Waals surface area contributed by atoms with E-state index in [1.807, 2.05) is 41.6 Å². The maximum absolute atomic E-state index is 14.0. The molecule has 0 spiro atoms. The molecule has 0 saturated heterocycles. The summed E-state index contributed by atoms with van der Waals surface area (Å²) in [6.07, 6.45) is 4.21. The van der Waals surface area contributed by atoms with Crippen LogP contribution in [0.5, 0.6) is 0 Å². The van der Waals surface area contributed by atoms with Crippen LogP contribution in [0.1, 0.15) is 48.8 Å². The van der Waals surface area contributed by atoms with Gasteiger partial charge in [-0.1, -0.05) is 18.2 Å². The van der Waals surface area contributed by atoms with Crippen LogP contribution in [-0.4, -0.2) is 44.6 Å². The minimum Gasteiger partial charge on any atom is -0.479 e. The first-order valence-electron chi connectivity index (χ1n) is 11.0. The van der Waals surface area contributed by atoms with Gasteiger partial charge in [0.25, 0.3) is 0 Å². The van der Waals surface area contributed by atoms with Crippen molar-refractivity contribution in [1.82, 2.24) is 14.6 Å².